The molecule has 2 aromatic rings. The lowest BCUT2D eigenvalue weighted by Gasteiger charge is -2.25. The van der Waals surface area contributed by atoms with E-state index in [4.69, 9.17) is 0 Å². The number of halogens is 1. The zero-order chi connectivity index (χ0) is 16.2. The minimum atomic E-state index is -0.247. The number of hydrogen-bond acceptors (Lipinski definition) is 1. The first-order valence-electron chi connectivity index (χ1n) is 7.46. The maximum Gasteiger partial charge on any atom is 0.224 e. The highest BCUT2D eigenvalue weighted by molar-refractivity contribution is 5.79. The molecule has 0 unspecified atom stereocenters. The first-order chi connectivity index (χ1) is 10.4. The fraction of sp³-hybridized carbons (Fsp3) is 0.316. The first kappa shape index (κ1) is 16.2. The number of carbonyl (C=O) groups excluding carboxylic acids is 1. The fourth-order valence-electron chi connectivity index (χ4n) is 2.37. The van der Waals surface area contributed by atoms with Gasteiger partial charge in [0, 0.05) is 12.0 Å². The molecular formula is C19H22FNO. The molecule has 0 heterocycles. The molecule has 3 heteroatoms. The molecular weight excluding hydrogens is 277 g/mol. The largest absolute Gasteiger partial charge is 0.355 e. The summed E-state index contributed by atoms with van der Waals surface area (Å²) in [5, 5.41) is 2.98. The highest BCUT2D eigenvalue weighted by Gasteiger charge is 2.21. The van der Waals surface area contributed by atoms with Crippen LogP contribution in [0.15, 0.2) is 48.5 Å². The second-order valence-electron chi connectivity index (χ2n) is 6.27. The van der Waals surface area contributed by atoms with E-state index in [1.54, 1.807) is 12.1 Å². The molecule has 0 aliphatic rings. The second-order valence-corrected chi connectivity index (χ2v) is 6.27. The van der Waals surface area contributed by atoms with E-state index in [0.717, 1.165) is 16.7 Å². The van der Waals surface area contributed by atoms with Gasteiger partial charge >= 0.3 is 0 Å². The molecule has 0 saturated heterocycles. The Kier molecular flexibility index (Phi) is 4.96. The molecule has 2 aromatic carbocycles. The first-order valence-corrected chi connectivity index (χ1v) is 7.46. The summed E-state index contributed by atoms with van der Waals surface area (Å²) < 4.78 is 13.0. The smallest absolute Gasteiger partial charge is 0.224 e. The summed E-state index contributed by atoms with van der Waals surface area (Å²) in [6, 6.07) is 14.3. The van der Waals surface area contributed by atoms with Gasteiger partial charge in [0.1, 0.15) is 5.82 Å². The molecule has 0 bridgehead atoms. The van der Waals surface area contributed by atoms with E-state index < -0.39 is 0 Å². The zero-order valence-corrected chi connectivity index (χ0v) is 13.3. The molecule has 0 aromatic heterocycles. The molecule has 0 aliphatic carbocycles. The van der Waals surface area contributed by atoms with Crippen LogP contribution in [0.25, 0.3) is 0 Å². The summed E-state index contributed by atoms with van der Waals surface area (Å²) in [5.41, 5.74) is 2.93. The summed E-state index contributed by atoms with van der Waals surface area (Å²) in [5.74, 6) is -0.243. The summed E-state index contributed by atoms with van der Waals surface area (Å²) in [4.78, 5) is 12.1. The summed E-state index contributed by atoms with van der Waals surface area (Å²) in [6.07, 6.45) is 0.381. The van der Waals surface area contributed by atoms with Crippen LogP contribution >= 0.6 is 0 Å². The Bertz CT molecular complexity index is 647. The van der Waals surface area contributed by atoms with Crippen LogP contribution in [0.1, 0.15) is 30.5 Å². The number of aryl methyl sites for hydroxylation is 1. The topological polar surface area (TPSA) is 29.1 Å². The van der Waals surface area contributed by atoms with Crippen molar-refractivity contribution in [3.63, 3.8) is 0 Å². The molecule has 22 heavy (non-hydrogen) atoms. The van der Waals surface area contributed by atoms with Crippen molar-refractivity contribution in [2.45, 2.75) is 32.6 Å². The van der Waals surface area contributed by atoms with Crippen molar-refractivity contribution in [2.24, 2.45) is 0 Å². The average Bonchev–Trinajstić information content (AvgIpc) is 2.48. The maximum atomic E-state index is 13.0. The highest BCUT2D eigenvalue weighted by atomic mass is 19.1. The van der Waals surface area contributed by atoms with Crippen LogP contribution < -0.4 is 5.32 Å². The van der Waals surface area contributed by atoms with Crippen LogP contribution in [-0.2, 0) is 16.6 Å². The van der Waals surface area contributed by atoms with Crippen LogP contribution in [0, 0.1) is 12.7 Å². The number of hydrogen-bond donors (Lipinski definition) is 1. The lowest BCUT2D eigenvalue weighted by molar-refractivity contribution is -0.120. The van der Waals surface area contributed by atoms with Crippen molar-refractivity contribution >= 4 is 5.91 Å². The SMILES string of the molecule is Cc1ccccc1CC(=O)NCC(C)(C)c1ccc(F)cc1. The summed E-state index contributed by atoms with van der Waals surface area (Å²) in [6.45, 7) is 6.59. The standard InChI is InChI=1S/C19H22FNO/c1-14-6-4-5-7-15(14)12-18(22)21-13-19(2,3)16-8-10-17(20)11-9-16/h4-11H,12-13H2,1-3H3,(H,21,22). The fourth-order valence-corrected chi connectivity index (χ4v) is 2.37. The van der Waals surface area contributed by atoms with Gasteiger partial charge in [-0.3, -0.25) is 4.79 Å². The minimum Gasteiger partial charge on any atom is -0.355 e. The van der Waals surface area contributed by atoms with E-state index in [1.165, 1.54) is 12.1 Å². The molecule has 0 fully saturated rings. The molecule has 0 saturated carbocycles. The van der Waals surface area contributed by atoms with Gasteiger partial charge in [0.05, 0.1) is 6.42 Å². The third kappa shape index (κ3) is 4.17. The van der Waals surface area contributed by atoms with Gasteiger partial charge in [-0.05, 0) is 35.7 Å². The third-order valence-corrected chi connectivity index (χ3v) is 3.97. The Morgan fingerprint density at radius 2 is 1.73 bits per heavy atom. The molecule has 0 spiro atoms. The van der Waals surface area contributed by atoms with Crippen LogP contribution in [0.2, 0.25) is 0 Å². The molecule has 1 amide bonds. The predicted octanol–water partition coefficient (Wildman–Crippen LogP) is 3.77. The number of rotatable bonds is 5. The van der Waals surface area contributed by atoms with Crippen LogP contribution in [0.4, 0.5) is 4.39 Å². The summed E-state index contributed by atoms with van der Waals surface area (Å²) >= 11 is 0. The normalized spacial score (nSPS) is 11.3. The molecule has 0 aliphatic heterocycles. The van der Waals surface area contributed by atoms with Crippen LogP contribution in [-0.4, -0.2) is 12.5 Å². The molecule has 0 atom stereocenters. The maximum absolute atomic E-state index is 13.0. The number of nitrogens with one attached hydrogen (secondary N) is 1. The van der Waals surface area contributed by atoms with E-state index >= 15 is 0 Å². The Hall–Kier alpha value is -2.16. The van der Waals surface area contributed by atoms with E-state index in [2.05, 4.69) is 5.32 Å². The Balaban J connectivity index is 1.95. The Morgan fingerprint density at radius 3 is 2.36 bits per heavy atom. The molecule has 2 nitrogen and oxygen atoms in total. The van der Waals surface area contributed by atoms with Gasteiger partial charge in [0.25, 0.3) is 0 Å². The van der Waals surface area contributed by atoms with Crippen molar-refractivity contribution in [1.82, 2.24) is 5.32 Å². The predicted molar refractivity (Wildman–Crippen MR) is 87.3 cm³/mol. The molecule has 2 rings (SSSR count). The Morgan fingerprint density at radius 1 is 1.09 bits per heavy atom. The van der Waals surface area contributed by atoms with Crippen LogP contribution in [0.3, 0.4) is 0 Å². The van der Waals surface area contributed by atoms with Crippen LogP contribution in [0.5, 0.6) is 0 Å². The molecule has 116 valence electrons. The van der Waals surface area contributed by atoms with E-state index in [0.29, 0.717) is 13.0 Å². The van der Waals surface area contributed by atoms with Crippen molar-refractivity contribution in [3.8, 4) is 0 Å². The van der Waals surface area contributed by atoms with E-state index in [9.17, 15) is 9.18 Å². The van der Waals surface area contributed by atoms with Crippen molar-refractivity contribution < 1.29 is 9.18 Å². The zero-order valence-electron chi connectivity index (χ0n) is 13.3. The van der Waals surface area contributed by atoms with Gasteiger partial charge < -0.3 is 5.32 Å². The van der Waals surface area contributed by atoms with Crippen molar-refractivity contribution in [2.75, 3.05) is 6.54 Å². The van der Waals surface area contributed by atoms with Crippen molar-refractivity contribution in [1.29, 1.82) is 0 Å². The molecule has 1 N–H and O–H groups in total. The molecule has 0 radical (unpaired) electrons. The summed E-state index contributed by atoms with van der Waals surface area (Å²) in [7, 11) is 0. The van der Waals surface area contributed by atoms with Gasteiger partial charge in [-0.2, -0.15) is 0 Å². The van der Waals surface area contributed by atoms with Gasteiger partial charge in [-0.1, -0.05) is 50.2 Å². The van der Waals surface area contributed by atoms with Crippen molar-refractivity contribution in [3.05, 3.63) is 71.0 Å². The second kappa shape index (κ2) is 6.73. The average molecular weight is 299 g/mol. The Labute approximate surface area is 131 Å². The lowest BCUT2D eigenvalue weighted by atomic mass is 9.84. The van der Waals surface area contributed by atoms with E-state index in [-0.39, 0.29) is 17.1 Å². The van der Waals surface area contributed by atoms with Gasteiger partial charge in [-0.25, -0.2) is 4.39 Å². The lowest BCUT2D eigenvalue weighted by Crippen LogP contribution is -2.37. The van der Waals surface area contributed by atoms with Gasteiger partial charge in [0.2, 0.25) is 5.91 Å². The number of amides is 1. The highest BCUT2D eigenvalue weighted by Crippen LogP contribution is 2.22. The third-order valence-electron chi connectivity index (χ3n) is 3.97. The van der Waals surface area contributed by atoms with Gasteiger partial charge in [-0.15, -0.1) is 0 Å². The minimum absolute atomic E-state index is 0.00415. The monoisotopic (exact) mass is 299 g/mol. The number of carbonyl (C=O) groups is 1. The van der Waals surface area contributed by atoms with Gasteiger partial charge in [0.15, 0.2) is 0 Å². The number of benzene rings is 2. The van der Waals surface area contributed by atoms with E-state index in [1.807, 2.05) is 45.0 Å². The quantitative estimate of drug-likeness (QED) is 0.894.